The summed E-state index contributed by atoms with van der Waals surface area (Å²) in [7, 11) is 0. The molecule has 4 aromatic rings. The summed E-state index contributed by atoms with van der Waals surface area (Å²) in [4.78, 5) is 17.3. The highest BCUT2D eigenvalue weighted by Crippen LogP contribution is 2.28. The van der Waals surface area contributed by atoms with Crippen LogP contribution in [-0.4, -0.2) is 27.3 Å². The molecule has 2 heterocycles. The van der Waals surface area contributed by atoms with Gasteiger partial charge in [0.25, 0.3) is 5.91 Å². The number of fused-ring (bicyclic) bond motifs is 1. The second-order valence-corrected chi connectivity index (χ2v) is 8.11. The lowest BCUT2D eigenvalue weighted by molar-refractivity contribution is -0.118. The quantitative estimate of drug-likeness (QED) is 0.456. The van der Waals surface area contributed by atoms with Crippen molar-refractivity contribution in [2.24, 2.45) is 0 Å². The third-order valence-electron chi connectivity index (χ3n) is 5.63. The molecule has 2 aromatic heterocycles. The molecule has 0 fully saturated rings. The largest absolute Gasteiger partial charge is 0.467 e. The minimum absolute atomic E-state index is 0.118. The maximum Gasteiger partial charge on any atom is 0.262 e. The Bertz CT molecular complexity index is 1270. The highest BCUT2D eigenvalue weighted by Gasteiger charge is 2.17. The molecule has 6 heteroatoms. The molecule has 4 rings (SSSR count). The number of aryl methyl sites for hydroxylation is 5. The summed E-state index contributed by atoms with van der Waals surface area (Å²) < 4.78 is 7.67. The van der Waals surface area contributed by atoms with Crippen LogP contribution >= 0.6 is 0 Å². The van der Waals surface area contributed by atoms with Crippen LogP contribution in [0.1, 0.15) is 34.9 Å². The first-order valence-corrected chi connectivity index (χ1v) is 10.8. The van der Waals surface area contributed by atoms with E-state index in [1.807, 2.05) is 61.9 Å². The summed E-state index contributed by atoms with van der Waals surface area (Å²) in [5.41, 5.74) is 7.73. The van der Waals surface area contributed by atoms with Gasteiger partial charge in [-0.15, -0.1) is 0 Å². The highest BCUT2D eigenvalue weighted by molar-refractivity contribution is 5.93. The minimum Gasteiger partial charge on any atom is -0.467 e. The van der Waals surface area contributed by atoms with Crippen LogP contribution < -0.4 is 10.1 Å². The number of hydrogen-bond acceptors (Lipinski definition) is 4. The first-order valence-electron chi connectivity index (χ1n) is 10.8. The van der Waals surface area contributed by atoms with Crippen LogP contribution in [-0.2, 0) is 11.2 Å². The SMILES string of the molecule is CCc1cc(OCC(=O)Nc2c(C)cccc2C)nc2c1c(C)nn2-c1ccc(C)cc1. The lowest BCUT2D eigenvalue weighted by atomic mass is 10.1. The molecule has 0 aliphatic rings. The van der Waals surface area contributed by atoms with Crippen LogP contribution in [0, 0.1) is 27.7 Å². The zero-order chi connectivity index (χ0) is 22.8. The van der Waals surface area contributed by atoms with E-state index in [9.17, 15) is 4.79 Å². The zero-order valence-corrected chi connectivity index (χ0v) is 19.2. The Kier molecular flexibility index (Phi) is 5.95. The number of rotatable bonds is 6. The van der Waals surface area contributed by atoms with E-state index in [-0.39, 0.29) is 12.5 Å². The van der Waals surface area contributed by atoms with Gasteiger partial charge in [-0.25, -0.2) is 4.68 Å². The van der Waals surface area contributed by atoms with Crippen molar-refractivity contribution in [1.82, 2.24) is 14.8 Å². The first kappa shape index (κ1) is 21.6. The second-order valence-electron chi connectivity index (χ2n) is 8.11. The average Bonchev–Trinajstić information content (AvgIpc) is 3.11. The molecule has 0 spiro atoms. The molecule has 1 amide bonds. The van der Waals surface area contributed by atoms with Gasteiger partial charge in [-0.2, -0.15) is 10.1 Å². The topological polar surface area (TPSA) is 69.0 Å². The van der Waals surface area contributed by atoms with Crippen LogP contribution in [0.25, 0.3) is 16.7 Å². The number of hydrogen-bond donors (Lipinski definition) is 1. The molecule has 32 heavy (non-hydrogen) atoms. The fraction of sp³-hybridized carbons (Fsp3) is 0.269. The maximum atomic E-state index is 12.6. The van der Waals surface area contributed by atoms with E-state index in [2.05, 4.69) is 31.3 Å². The van der Waals surface area contributed by atoms with Gasteiger partial charge >= 0.3 is 0 Å². The van der Waals surface area contributed by atoms with Gasteiger partial charge in [-0.05, 0) is 62.9 Å². The van der Waals surface area contributed by atoms with Crippen molar-refractivity contribution in [2.75, 3.05) is 11.9 Å². The zero-order valence-electron chi connectivity index (χ0n) is 19.2. The molecule has 2 aromatic carbocycles. The van der Waals surface area contributed by atoms with Crippen LogP contribution in [0.4, 0.5) is 5.69 Å². The normalized spacial score (nSPS) is 11.0. The number of ether oxygens (including phenoxy) is 1. The number of anilines is 1. The van der Waals surface area contributed by atoms with Crippen LogP contribution in [0.3, 0.4) is 0 Å². The van der Waals surface area contributed by atoms with E-state index < -0.39 is 0 Å². The van der Waals surface area contributed by atoms with Crippen molar-refractivity contribution in [3.8, 4) is 11.6 Å². The van der Waals surface area contributed by atoms with Crippen molar-refractivity contribution in [1.29, 1.82) is 0 Å². The number of nitrogens with zero attached hydrogens (tertiary/aromatic N) is 3. The molecule has 6 nitrogen and oxygen atoms in total. The maximum absolute atomic E-state index is 12.6. The van der Waals surface area contributed by atoms with Gasteiger partial charge in [0, 0.05) is 17.1 Å². The van der Waals surface area contributed by atoms with Crippen molar-refractivity contribution in [2.45, 2.75) is 41.0 Å². The number of nitrogens with one attached hydrogen (secondary N) is 1. The standard InChI is InChI=1S/C26H28N4O2/c1-6-20-14-23(32-15-22(31)27-25-17(3)8-7-9-18(25)4)28-26-24(20)19(5)29-30(26)21-12-10-16(2)11-13-21/h7-14H,6,15H2,1-5H3,(H,27,31). The van der Waals surface area contributed by atoms with Gasteiger partial charge in [-0.1, -0.05) is 42.8 Å². The molecule has 1 N–H and O–H groups in total. The number of carbonyl (C=O) groups excluding carboxylic acids is 1. The van der Waals surface area contributed by atoms with Gasteiger partial charge in [-0.3, -0.25) is 4.79 Å². The number of para-hydroxylation sites is 1. The number of aromatic nitrogens is 3. The molecule has 0 aliphatic heterocycles. The molecule has 0 radical (unpaired) electrons. The molecule has 0 saturated heterocycles. The Hall–Kier alpha value is -3.67. The molecule has 0 bridgehead atoms. The average molecular weight is 429 g/mol. The van der Waals surface area contributed by atoms with Gasteiger partial charge in [0.15, 0.2) is 12.3 Å². The molecule has 164 valence electrons. The minimum atomic E-state index is -0.217. The lowest BCUT2D eigenvalue weighted by Gasteiger charge is -2.12. The van der Waals surface area contributed by atoms with Crippen LogP contribution in [0.15, 0.2) is 48.5 Å². The summed E-state index contributed by atoms with van der Waals surface area (Å²) >= 11 is 0. The summed E-state index contributed by atoms with van der Waals surface area (Å²) in [6, 6.07) is 16.0. The smallest absolute Gasteiger partial charge is 0.262 e. The van der Waals surface area contributed by atoms with E-state index >= 15 is 0 Å². The van der Waals surface area contributed by atoms with Crippen LogP contribution in [0.2, 0.25) is 0 Å². The Labute approximate surface area is 188 Å². The molecule has 0 atom stereocenters. The lowest BCUT2D eigenvalue weighted by Crippen LogP contribution is -2.21. The van der Waals surface area contributed by atoms with Crippen molar-refractivity contribution >= 4 is 22.6 Å². The Morgan fingerprint density at radius 2 is 1.72 bits per heavy atom. The predicted molar refractivity (Wildman–Crippen MR) is 128 cm³/mol. The third kappa shape index (κ3) is 4.21. The summed E-state index contributed by atoms with van der Waals surface area (Å²) in [5.74, 6) is 0.199. The van der Waals surface area contributed by atoms with Crippen molar-refractivity contribution < 1.29 is 9.53 Å². The summed E-state index contributed by atoms with van der Waals surface area (Å²) in [6.07, 6.45) is 0.810. The van der Waals surface area contributed by atoms with Crippen molar-refractivity contribution in [3.05, 3.63) is 76.5 Å². The van der Waals surface area contributed by atoms with Crippen molar-refractivity contribution in [3.63, 3.8) is 0 Å². The number of pyridine rings is 1. The summed E-state index contributed by atoms with van der Waals surface area (Å²) in [6.45, 7) is 9.97. The van der Waals surface area contributed by atoms with E-state index in [1.54, 1.807) is 0 Å². The number of benzene rings is 2. The highest BCUT2D eigenvalue weighted by atomic mass is 16.5. The molecular formula is C26H28N4O2. The third-order valence-corrected chi connectivity index (χ3v) is 5.63. The fourth-order valence-electron chi connectivity index (χ4n) is 3.90. The fourth-order valence-corrected chi connectivity index (χ4v) is 3.90. The monoisotopic (exact) mass is 428 g/mol. The number of carbonyl (C=O) groups is 1. The van der Waals surface area contributed by atoms with Crippen LogP contribution in [0.5, 0.6) is 5.88 Å². The molecule has 0 aliphatic carbocycles. The van der Waals surface area contributed by atoms with E-state index in [1.165, 1.54) is 5.56 Å². The molecule has 0 unspecified atom stereocenters. The number of amides is 1. The second kappa shape index (κ2) is 8.83. The van der Waals surface area contributed by atoms with Gasteiger partial charge < -0.3 is 10.1 Å². The Morgan fingerprint density at radius 3 is 2.38 bits per heavy atom. The first-order chi connectivity index (χ1) is 15.4. The Balaban J connectivity index is 1.62. The summed E-state index contributed by atoms with van der Waals surface area (Å²) in [5, 5.41) is 8.71. The predicted octanol–water partition coefficient (Wildman–Crippen LogP) is 5.23. The Morgan fingerprint density at radius 1 is 1.03 bits per heavy atom. The molecular weight excluding hydrogens is 400 g/mol. The van der Waals surface area contributed by atoms with Gasteiger partial charge in [0.05, 0.1) is 11.4 Å². The van der Waals surface area contributed by atoms with Gasteiger partial charge in [0.2, 0.25) is 5.88 Å². The van der Waals surface area contributed by atoms with E-state index in [0.29, 0.717) is 5.88 Å². The van der Waals surface area contributed by atoms with E-state index in [4.69, 9.17) is 14.8 Å². The molecule has 0 saturated carbocycles. The van der Waals surface area contributed by atoms with Gasteiger partial charge in [0.1, 0.15) is 0 Å². The van der Waals surface area contributed by atoms with E-state index in [0.717, 1.165) is 51.2 Å².